The van der Waals surface area contributed by atoms with Crippen LogP contribution in [0.2, 0.25) is 10.2 Å². The minimum Gasteiger partial charge on any atom is -0.296 e. The van der Waals surface area contributed by atoms with Gasteiger partial charge in [-0.3, -0.25) is 9.36 Å². The first kappa shape index (κ1) is 11.6. The number of hydrogen-bond donors (Lipinski definition) is 0. The highest BCUT2D eigenvalue weighted by Gasteiger charge is 2.15. The monoisotopic (exact) mass is 318 g/mol. The molecular weight excluding hydrogens is 315 g/mol. The first-order valence-electron chi connectivity index (χ1n) is 4.28. The smallest absolute Gasteiger partial charge is 0.166 e. The Kier molecular flexibility index (Phi) is 3.33. The van der Waals surface area contributed by atoms with Gasteiger partial charge in [-0.1, -0.05) is 23.2 Å². The molecule has 2 heterocycles. The third-order valence-corrected chi connectivity index (χ3v) is 3.50. The predicted molar refractivity (Wildman–Crippen MR) is 66.7 cm³/mol. The van der Waals surface area contributed by atoms with Crippen LogP contribution < -0.4 is 0 Å². The van der Waals surface area contributed by atoms with E-state index in [1.54, 1.807) is 24.4 Å². The molecule has 0 saturated carbocycles. The first-order valence-corrected chi connectivity index (χ1v) is 5.83. The van der Waals surface area contributed by atoms with E-state index in [0.29, 0.717) is 32.4 Å². The summed E-state index contributed by atoms with van der Waals surface area (Å²) in [7, 11) is 0. The third-order valence-electron chi connectivity index (χ3n) is 2.00. The fraction of sp³-hybridized carbons (Fsp3) is 0. The predicted octanol–water partition coefficient (Wildman–Crippen LogP) is 3.75. The number of aromatic nitrogens is 2. The van der Waals surface area contributed by atoms with Crippen molar-refractivity contribution in [3.8, 4) is 5.82 Å². The van der Waals surface area contributed by atoms with Gasteiger partial charge in [0.05, 0.1) is 15.2 Å². The standard InChI is InChI=1S/C10H5BrCl2N2O/c11-7-4-6(5-16)15(9(7)13)10-8(12)2-1-3-14-10/h1-5H. The van der Waals surface area contributed by atoms with Crippen LogP contribution in [0.1, 0.15) is 10.5 Å². The fourth-order valence-corrected chi connectivity index (χ4v) is 2.17. The molecule has 3 nitrogen and oxygen atoms in total. The molecule has 0 bridgehead atoms. The van der Waals surface area contributed by atoms with Gasteiger partial charge in [-0.2, -0.15) is 0 Å². The number of nitrogens with zero attached hydrogens (tertiary/aromatic N) is 2. The molecule has 0 saturated heterocycles. The molecule has 0 aliphatic carbocycles. The molecule has 16 heavy (non-hydrogen) atoms. The van der Waals surface area contributed by atoms with Gasteiger partial charge in [0.25, 0.3) is 0 Å². The SMILES string of the molecule is O=Cc1cc(Br)c(Cl)n1-c1ncccc1Cl. The molecule has 82 valence electrons. The number of carbonyl (C=O) groups excluding carboxylic acids is 1. The lowest BCUT2D eigenvalue weighted by Gasteiger charge is -2.07. The second-order valence-electron chi connectivity index (χ2n) is 2.97. The Hall–Kier alpha value is -0.840. The van der Waals surface area contributed by atoms with Gasteiger partial charge in [-0.25, -0.2) is 4.98 Å². The molecule has 2 aromatic rings. The van der Waals surface area contributed by atoms with Crippen molar-refractivity contribution in [1.82, 2.24) is 9.55 Å². The molecule has 0 atom stereocenters. The van der Waals surface area contributed by atoms with Crippen molar-refractivity contribution < 1.29 is 4.79 Å². The van der Waals surface area contributed by atoms with Crippen LogP contribution in [0.3, 0.4) is 0 Å². The summed E-state index contributed by atoms with van der Waals surface area (Å²) in [5, 5.41) is 0.790. The Labute approximate surface area is 110 Å². The molecule has 0 aliphatic heterocycles. The van der Waals surface area contributed by atoms with Crippen LogP contribution in [0.5, 0.6) is 0 Å². The second-order valence-corrected chi connectivity index (χ2v) is 4.59. The van der Waals surface area contributed by atoms with Gasteiger partial charge in [0.2, 0.25) is 0 Å². The van der Waals surface area contributed by atoms with Crippen molar-refractivity contribution in [3.63, 3.8) is 0 Å². The van der Waals surface area contributed by atoms with Crippen LogP contribution >= 0.6 is 39.1 Å². The highest BCUT2D eigenvalue weighted by molar-refractivity contribution is 9.10. The van der Waals surface area contributed by atoms with Crippen LogP contribution in [-0.2, 0) is 0 Å². The summed E-state index contributed by atoms with van der Waals surface area (Å²) >= 11 is 15.3. The van der Waals surface area contributed by atoms with Crippen LogP contribution in [0.4, 0.5) is 0 Å². The summed E-state index contributed by atoms with van der Waals surface area (Å²) in [6.45, 7) is 0. The highest BCUT2D eigenvalue weighted by Crippen LogP contribution is 2.31. The van der Waals surface area contributed by atoms with Crippen LogP contribution in [0.15, 0.2) is 28.9 Å². The van der Waals surface area contributed by atoms with E-state index >= 15 is 0 Å². The van der Waals surface area contributed by atoms with Crippen molar-refractivity contribution in [2.75, 3.05) is 0 Å². The molecule has 2 rings (SSSR count). The Balaban J connectivity index is 2.73. The molecule has 0 N–H and O–H groups in total. The molecule has 0 amide bonds. The van der Waals surface area contributed by atoms with Crippen LogP contribution in [0, 0.1) is 0 Å². The van der Waals surface area contributed by atoms with Gasteiger partial charge in [-0.05, 0) is 34.1 Å². The highest BCUT2D eigenvalue weighted by atomic mass is 79.9. The van der Waals surface area contributed by atoms with Gasteiger partial charge in [0, 0.05) is 6.20 Å². The van der Waals surface area contributed by atoms with Crippen molar-refractivity contribution in [3.05, 3.63) is 44.7 Å². The lowest BCUT2D eigenvalue weighted by Crippen LogP contribution is -2.02. The number of rotatable bonds is 2. The molecular formula is C10H5BrCl2N2O. The second kappa shape index (κ2) is 4.57. The maximum atomic E-state index is 10.9. The summed E-state index contributed by atoms with van der Waals surface area (Å²) in [6, 6.07) is 5.00. The van der Waals surface area contributed by atoms with E-state index in [-0.39, 0.29) is 0 Å². The van der Waals surface area contributed by atoms with Crippen molar-refractivity contribution in [2.45, 2.75) is 0 Å². The zero-order valence-electron chi connectivity index (χ0n) is 7.82. The molecule has 0 aliphatic rings. The third kappa shape index (κ3) is 1.88. The molecule has 6 heteroatoms. The minimum atomic E-state index is 0.364. The number of halogens is 3. The lowest BCUT2D eigenvalue weighted by molar-refractivity contribution is 0.111. The summed E-state index contributed by atoms with van der Waals surface area (Å²) in [5.74, 6) is 0.432. The number of pyridine rings is 1. The normalized spacial score (nSPS) is 10.4. The summed E-state index contributed by atoms with van der Waals surface area (Å²) < 4.78 is 2.11. The van der Waals surface area contributed by atoms with Gasteiger partial charge in [0.1, 0.15) is 5.15 Å². The molecule has 0 radical (unpaired) electrons. The van der Waals surface area contributed by atoms with E-state index < -0.39 is 0 Å². The van der Waals surface area contributed by atoms with Crippen LogP contribution in [0.25, 0.3) is 5.82 Å². The van der Waals surface area contributed by atoms with Gasteiger partial charge in [0.15, 0.2) is 12.1 Å². The average Bonchev–Trinajstić information content (AvgIpc) is 2.56. The molecule has 0 fully saturated rings. The van der Waals surface area contributed by atoms with E-state index in [1.165, 1.54) is 4.57 Å². The Bertz CT molecular complexity index is 554. The van der Waals surface area contributed by atoms with E-state index in [4.69, 9.17) is 23.2 Å². The summed E-state index contributed by atoms with van der Waals surface area (Å²) in [6.07, 6.45) is 2.28. The van der Waals surface area contributed by atoms with Gasteiger partial charge < -0.3 is 0 Å². The molecule has 0 unspecified atom stereocenters. The topological polar surface area (TPSA) is 34.9 Å². The van der Waals surface area contributed by atoms with Crippen molar-refractivity contribution in [1.29, 1.82) is 0 Å². The quantitative estimate of drug-likeness (QED) is 0.790. The first-order chi connectivity index (χ1) is 7.65. The van der Waals surface area contributed by atoms with E-state index in [9.17, 15) is 4.79 Å². The Morgan fingerprint density at radius 3 is 2.81 bits per heavy atom. The maximum Gasteiger partial charge on any atom is 0.166 e. The van der Waals surface area contributed by atoms with E-state index in [0.717, 1.165) is 0 Å². The average molecular weight is 320 g/mol. The molecule has 2 aromatic heterocycles. The zero-order chi connectivity index (χ0) is 11.7. The largest absolute Gasteiger partial charge is 0.296 e. The Morgan fingerprint density at radius 2 is 2.19 bits per heavy atom. The Morgan fingerprint density at radius 1 is 1.44 bits per heavy atom. The molecule has 0 aromatic carbocycles. The number of hydrogen-bond acceptors (Lipinski definition) is 2. The number of carbonyl (C=O) groups is 1. The summed E-state index contributed by atoms with van der Waals surface area (Å²) in [5.41, 5.74) is 0.387. The fourth-order valence-electron chi connectivity index (χ4n) is 1.32. The van der Waals surface area contributed by atoms with E-state index in [1.807, 2.05) is 0 Å². The lowest BCUT2D eigenvalue weighted by atomic mass is 10.4. The zero-order valence-corrected chi connectivity index (χ0v) is 10.9. The van der Waals surface area contributed by atoms with Gasteiger partial charge in [-0.15, -0.1) is 0 Å². The minimum absolute atomic E-state index is 0.364. The molecule has 0 spiro atoms. The van der Waals surface area contributed by atoms with E-state index in [2.05, 4.69) is 20.9 Å². The van der Waals surface area contributed by atoms with Crippen molar-refractivity contribution >= 4 is 45.4 Å². The number of aldehydes is 1. The van der Waals surface area contributed by atoms with Gasteiger partial charge >= 0.3 is 0 Å². The van der Waals surface area contributed by atoms with Crippen molar-refractivity contribution in [2.24, 2.45) is 0 Å². The van der Waals surface area contributed by atoms with Crippen LogP contribution in [-0.4, -0.2) is 15.8 Å². The maximum absolute atomic E-state index is 10.9. The summed E-state index contributed by atoms with van der Waals surface area (Å²) in [4.78, 5) is 15.0.